The van der Waals surface area contributed by atoms with Gasteiger partial charge in [-0.2, -0.15) is 28.4 Å². The number of nitrogens with zero attached hydrogens (tertiary/aromatic N) is 7. The molecule has 0 fully saturated rings. The SMILES string of the molecule is CCOC(=O)c1nn(C)c2c1CCc1cnc(=O)[nH]c1-2.CCOC(=O)c1nn(C)c2c1CCc1cnc(OS(=O)C(F)(F)F)nc1-2.O. The zero-order chi connectivity index (χ0) is 33.3. The molecule has 252 valence electrons. The zero-order valence-electron chi connectivity index (χ0n) is 25.4. The summed E-state index contributed by atoms with van der Waals surface area (Å²) in [6.07, 6.45) is 5.22. The lowest BCUT2D eigenvalue weighted by Crippen LogP contribution is -2.22. The van der Waals surface area contributed by atoms with E-state index in [-0.39, 0.29) is 23.5 Å². The summed E-state index contributed by atoms with van der Waals surface area (Å²) in [6, 6.07) is -0.675. The molecule has 0 amide bonds. The highest BCUT2D eigenvalue weighted by atomic mass is 32.2. The van der Waals surface area contributed by atoms with Crippen LogP contribution >= 0.6 is 0 Å². The molecule has 16 nitrogen and oxygen atoms in total. The second-order valence-electron chi connectivity index (χ2n) is 9.92. The predicted molar refractivity (Wildman–Crippen MR) is 156 cm³/mol. The maximum absolute atomic E-state index is 12.4. The molecule has 0 aliphatic heterocycles. The molecule has 0 aromatic carbocycles. The van der Waals surface area contributed by atoms with Crippen molar-refractivity contribution in [3.05, 3.63) is 56.5 Å². The normalized spacial score (nSPS) is 13.3. The average molecular weight is 683 g/mol. The number of esters is 2. The van der Waals surface area contributed by atoms with Gasteiger partial charge in [-0.15, -0.1) is 0 Å². The largest absolute Gasteiger partial charge is 0.508 e. The molecule has 3 N–H and O–H groups in total. The molecular formula is C27H29F3N8O8S. The van der Waals surface area contributed by atoms with Crippen LogP contribution in [0.3, 0.4) is 0 Å². The molecule has 0 bridgehead atoms. The Balaban J connectivity index is 0.000000215. The van der Waals surface area contributed by atoms with Crippen LogP contribution in [0, 0.1) is 0 Å². The zero-order valence-corrected chi connectivity index (χ0v) is 26.2. The van der Waals surface area contributed by atoms with Crippen LogP contribution in [0.25, 0.3) is 22.8 Å². The van der Waals surface area contributed by atoms with Gasteiger partial charge in [-0.3, -0.25) is 9.36 Å². The molecule has 0 radical (unpaired) electrons. The van der Waals surface area contributed by atoms with Crippen molar-refractivity contribution in [1.82, 2.24) is 39.5 Å². The Kier molecular flexibility index (Phi) is 10.2. The van der Waals surface area contributed by atoms with Crippen LogP contribution in [-0.4, -0.2) is 79.8 Å². The van der Waals surface area contributed by atoms with Crippen molar-refractivity contribution < 1.29 is 46.1 Å². The number of aryl methyl sites for hydroxylation is 4. The lowest BCUT2D eigenvalue weighted by molar-refractivity contribution is -0.0440. The van der Waals surface area contributed by atoms with E-state index in [0.717, 1.165) is 16.8 Å². The topological polar surface area (TPSA) is 218 Å². The lowest BCUT2D eigenvalue weighted by atomic mass is 9.93. The minimum absolute atomic E-state index is 0. The van der Waals surface area contributed by atoms with Crippen LogP contribution in [0.15, 0.2) is 17.2 Å². The molecule has 6 rings (SSSR count). The van der Waals surface area contributed by atoms with Crippen LogP contribution in [0.4, 0.5) is 13.2 Å². The van der Waals surface area contributed by atoms with Gasteiger partial charge in [0.2, 0.25) is 0 Å². The number of aromatic nitrogens is 8. The number of alkyl halides is 3. The van der Waals surface area contributed by atoms with Gasteiger partial charge < -0.3 is 24.1 Å². The first-order valence-electron chi connectivity index (χ1n) is 13.9. The number of hydrogen-bond donors (Lipinski definition) is 1. The second-order valence-corrected chi connectivity index (χ2v) is 11.0. The first kappa shape index (κ1) is 34.9. The average Bonchev–Trinajstić information content (AvgIpc) is 3.54. The highest BCUT2D eigenvalue weighted by molar-refractivity contribution is 7.81. The monoisotopic (exact) mass is 682 g/mol. The maximum Gasteiger partial charge on any atom is 0.508 e. The minimum atomic E-state index is -5.05. The molecule has 1 unspecified atom stereocenters. The number of fused-ring (bicyclic) bond motifs is 6. The van der Waals surface area contributed by atoms with Gasteiger partial charge in [0.05, 0.1) is 36.0 Å². The van der Waals surface area contributed by atoms with E-state index < -0.39 is 40.2 Å². The highest BCUT2D eigenvalue weighted by Crippen LogP contribution is 2.35. The number of carbonyl (C=O) groups excluding carboxylic acids is 2. The van der Waals surface area contributed by atoms with Gasteiger partial charge in [0.15, 0.2) is 11.4 Å². The molecule has 4 aromatic heterocycles. The molecule has 2 aliphatic carbocycles. The first-order valence-corrected chi connectivity index (χ1v) is 15.0. The minimum Gasteiger partial charge on any atom is -0.461 e. The molecule has 0 saturated heterocycles. The second kappa shape index (κ2) is 13.8. The number of halogens is 3. The summed E-state index contributed by atoms with van der Waals surface area (Å²) < 4.78 is 65.6. The summed E-state index contributed by atoms with van der Waals surface area (Å²) >= 11 is -3.58. The molecule has 0 spiro atoms. The fraction of sp³-hybridized carbons (Fsp3) is 0.407. The van der Waals surface area contributed by atoms with Crippen molar-refractivity contribution in [2.45, 2.75) is 45.0 Å². The fourth-order valence-corrected chi connectivity index (χ4v) is 5.53. The molecule has 2 aliphatic rings. The standard InChI is InChI=1S/C14H13F3N4O4S.C13H14N4O3.H2O/c1-3-24-12(22)10-8-5-4-7-6-18-13(25-26(23)14(15,16)17)19-9(7)11(8)21(2)20-10;1-3-20-12(18)10-8-5-4-7-6-14-13(19)15-9(7)11(8)17(2)16-10;/h6H,3-5H2,1-2H3;6H,3-5H2,1-2H3,(H,14,15,19);1H2. The summed E-state index contributed by atoms with van der Waals surface area (Å²) in [5.41, 5.74) is 0.203. The smallest absolute Gasteiger partial charge is 0.461 e. The van der Waals surface area contributed by atoms with Gasteiger partial charge in [-0.25, -0.2) is 28.6 Å². The molecule has 4 aromatic rings. The number of hydrogen-bond acceptors (Lipinski definition) is 12. The van der Waals surface area contributed by atoms with Gasteiger partial charge in [0.25, 0.3) is 0 Å². The van der Waals surface area contributed by atoms with E-state index in [1.807, 2.05) is 0 Å². The van der Waals surface area contributed by atoms with E-state index in [1.165, 1.54) is 10.9 Å². The Bertz CT molecular complexity index is 1920. The van der Waals surface area contributed by atoms with Gasteiger partial charge in [-0.1, -0.05) is 0 Å². The Labute approximate surface area is 266 Å². The molecular weight excluding hydrogens is 653 g/mol. The number of nitrogens with one attached hydrogen (secondary N) is 1. The summed E-state index contributed by atoms with van der Waals surface area (Å²) in [5, 5.41) is 8.38. The molecule has 1 atom stereocenters. The Hall–Kier alpha value is -4.98. The van der Waals surface area contributed by atoms with Crippen LogP contribution in [0.1, 0.15) is 57.1 Å². The highest BCUT2D eigenvalue weighted by Gasteiger charge is 2.41. The summed E-state index contributed by atoms with van der Waals surface area (Å²) in [6.45, 7) is 3.91. The number of ether oxygens (including phenoxy) is 2. The van der Waals surface area contributed by atoms with E-state index in [0.29, 0.717) is 60.5 Å². The van der Waals surface area contributed by atoms with Crippen LogP contribution in [-0.2, 0) is 60.3 Å². The molecule has 0 saturated carbocycles. The van der Waals surface area contributed by atoms with Gasteiger partial charge >= 0.3 is 40.2 Å². The Morgan fingerprint density at radius 1 is 0.894 bits per heavy atom. The molecule has 47 heavy (non-hydrogen) atoms. The molecule has 4 heterocycles. The van der Waals surface area contributed by atoms with Crippen molar-refractivity contribution in [1.29, 1.82) is 0 Å². The van der Waals surface area contributed by atoms with E-state index in [9.17, 15) is 31.8 Å². The van der Waals surface area contributed by atoms with Crippen molar-refractivity contribution in [2.24, 2.45) is 14.1 Å². The van der Waals surface area contributed by atoms with E-state index in [1.54, 1.807) is 38.8 Å². The van der Waals surface area contributed by atoms with Gasteiger partial charge in [0.1, 0.15) is 0 Å². The van der Waals surface area contributed by atoms with Crippen molar-refractivity contribution in [3.63, 3.8) is 0 Å². The quantitative estimate of drug-likeness (QED) is 0.285. The predicted octanol–water partition coefficient (Wildman–Crippen LogP) is 1.34. The first-order chi connectivity index (χ1) is 21.8. The fourth-order valence-electron chi connectivity index (χ4n) is 5.22. The van der Waals surface area contributed by atoms with Gasteiger partial charge in [-0.05, 0) is 50.7 Å². The number of H-pyrrole nitrogens is 1. The van der Waals surface area contributed by atoms with Crippen LogP contribution in [0.5, 0.6) is 6.01 Å². The Morgan fingerprint density at radius 2 is 1.43 bits per heavy atom. The number of aromatic amines is 1. The van der Waals surface area contributed by atoms with Crippen molar-refractivity contribution in [2.75, 3.05) is 13.2 Å². The van der Waals surface area contributed by atoms with Crippen molar-refractivity contribution in [3.8, 4) is 28.8 Å². The van der Waals surface area contributed by atoms with Crippen LogP contribution in [0.2, 0.25) is 0 Å². The molecule has 20 heteroatoms. The van der Waals surface area contributed by atoms with Crippen molar-refractivity contribution >= 4 is 23.0 Å². The van der Waals surface area contributed by atoms with Crippen LogP contribution < -0.4 is 9.87 Å². The Morgan fingerprint density at radius 3 is 2.00 bits per heavy atom. The van der Waals surface area contributed by atoms with E-state index >= 15 is 0 Å². The van der Waals surface area contributed by atoms with E-state index in [4.69, 9.17) is 9.47 Å². The van der Waals surface area contributed by atoms with Gasteiger partial charge in [0, 0.05) is 37.6 Å². The maximum atomic E-state index is 12.4. The summed E-state index contributed by atoms with van der Waals surface area (Å²) in [5.74, 6) is -1.01. The number of carbonyl (C=O) groups is 2. The van der Waals surface area contributed by atoms with E-state index in [2.05, 4.69) is 34.3 Å². The lowest BCUT2D eigenvalue weighted by Gasteiger charge is -2.17. The third kappa shape index (κ3) is 6.92. The number of rotatable bonds is 6. The third-order valence-corrected chi connectivity index (χ3v) is 7.73. The summed E-state index contributed by atoms with van der Waals surface area (Å²) in [7, 11) is 3.32. The third-order valence-electron chi connectivity index (χ3n) is 7.05. The summed E-state index contributed by atoms with van der Waals surface area (Å²) in [4.78, 5) is 49.5.